The van der Waals surface area contributed by atoms with Crippen LogP contribution in [0.3, 0.4) is 0 Å². The van der Waals surface area contributed by atoms with Gasteiger partial charge < -0.3 is 0 Å². The van der Waals surface area contributed by atoms with Gasteiger partial charge in [0, 0.05) is 0 Å². The minimum atomic E-state index is -0.726. The molecule has 0 radical (unpaired) electrons. The van der Waals surface area contributed by atoms with Crippen molar-refractivity contribution >= 4 is 0 Å². The first-order chi connectivity index (χ1) is 12.0. The topological polar surface area (TPSA) is 0 Å². The minimum absolute atomic E-state index is 0.353. The van der Waals surface area contributed by atoms with Gasteiger partial charge in [0.15, 0.2) is 11.6 Å². The molecule has 2 aromatic carbocycles. The number of benzene rings is 2. The maximum absolute atomic E-state index is 13.7. The van der Waals surface area contributed by atoms with Crippen LogP contribution in [0.25, 0.3) is 0 Å². The summed E-state index contributed by atoms with van der Waals surface area (Å²) in [6, 6.07) is 11.4. The van der Waals surface area contributed by atoms with E-state index in [0.717, 1.165) is 17.9 Å². The van der Waals surface area contributed by atoms with Crippen molar-refractivity contribution < 1.29 is 8.78 Å². The second-order valence-electron chi connectivity index (χ2n) is 7.40. The van der Waals surface area contributed by atoms with Crippen LogP contribution in [0.1, 0.15) is 61.3 Å². The molecule has 2 aromatic rings. The number of rotatable bonds is 3. The second kappa shape index (κ2) is 9.70. The first-order valence-corrected chi connectivity index (χ1v) is 9.46. The predicted octanol–water partition coefficient (Wildman–Crippen LogP) is 6.95. The van der Waals surface area contributed by atoms with Crippen molar-refractivity contribution in [3.05, 3.63) is 70.3 Å². The molecule has 0 bridgehead atoms. The summed E-state index contributed by atoms with van der Waals surface area (Å²) in [7, 11) is 0. The first kappa shape index (κ1) is 19.6. The van der Waals surface area contributed by atoms with E-state index in [9.17, 15) is 8.78 Å². The Hall–Kier alpha value is -1.70. The van der Waals surface area contributed by atoms with Gasteiger partial charge in [-0.2, -0.15) is 0 Å². The molecule has 1 aliphatic carbocycles. The largest absolute Gasteiger partial charge is 0.203 e. The van der Waals surface area contributed by atoms with E-state index in [4.69, 9.17) is 0 Å². The van der Waals surface area contributed by atoms with Crippen LogP contribution in [0.4, 0.5) is 8.78 Å². The van der Waals surface area contributed by atoms with Crippen molar-refractivity contribution in [2.75, 3.05) is 0 Å². The summed E-state index contributed by atoms with van der Waals surface area (Å²) < 4.78 is 27.0. The molecule has 0 atom stereocenters. The Labute approximate surface area is 151 Å². The molecule has 0 N–H and O–H groups in total. The zero-order valence-electron chi connectivity index (χ0n) is 15.7. The lowest BCUT2D eigenvalue weighted by Crippen LogP contribution is -1.99. The van der Waals surface area contributed by atoms with Crippen LogP contribution in [0.5, 0.6) is 0 Å². The van der Waals surface area contributed by atoms with Gasteiger partial charge in [-0.1, -0.05) is 81.0 Å². The number of aryl methyl sites for hydroxylation is 4. The molecule has 2 heteroatoms. The molecule has 0 nitrogen and oxygen atoms in total. The monoisotopic (exact) mass is 344 g/mol. The Bertz CT molecular complexity index is 653. The van der Waals surface area contributed by atoms with Crippen LogP contribution in [0.2, 0.25) is 0 Å². The number of halogens is 2. The summed E-state index contributed by atoms with van der Waals surface area (Å²) in [5.41, 5.74) is 3.14. The maximum Gasteiger partial charge on any atom is 0.162 e. The summed E-state index contributed by atoms with van der Waals surface area (Å²) in [6.07, 6.45) is 8.68. The fourth-order valence-electron chi connectivity index (χ4n) is 3.22. The molecule has 0 spiro atoms. The zero-order chi connectivity index (χ0) is 18.2. The summed E-state index contributed by atoms with van der Waals surface area (Å²) in [5.74, 6) is -0.396. The van der Waals surface area contributed by atoms with E-state index in [1.165, 1.54) is 37.7 Å². The molecule has 25 heavy (non-hydrogen) atoms. The Morgan fingerprint density at radius 3 is 2.00 bits per heavy atom. The highest BCUT2D eigenvalue weighted by Gasteiger charge is 2.10. The second-order valence-corrected chi connectivity index (χ2v) is 7.40. The van der Waals surface area contributed by atoms with Crippen LogP contribution < -0.4 is 0 Å². The van der Waals surface area contributed by atoms with Gasteiger partial charge in [0.1, 0.15) is 0 Å². The van der Waals surface area contributed by atoms with Crippen molar-refractivity contribution in [1.29, 1.82) is 0 Å². The molecule has 0 saturated heterocycles. The van der Waals surface area contributed by atoms with Crippen LogP contribution in [0.15, 0.2) is 36.4 Å². The number of hydrogen-bond donors (Lipinski definition) is 0. The molecule has 0 aliphatic heterocycles. The van der Waals surface area contributed by atoms with Crippen molar-refractivity contribution in [2.24, 2.45) is 5.92 Å². The fourth-order valence-corrected chi connectivity index (χ4v) is 3.22. The van der Waals surface area contributed by atoms with E-state index in [1.54, 1.807) is 19.1 Å². The van der Waals surface area contributed by atoms with Crippen LogP contribution in [0, 0.1) is 31.4 Å². The molecule has 3 rings (SSSR count). The molecule has 0 amide bonds. The van der Waals surface area contributed by atoms with Gasteiger partial charge in [-0.25, -0.2) is 8.78 Å². The van der Waals surface area contributed by atoms with E-state index >= 15 is 0 Å². The third kappa shape index (κ3) is 6.26. The van der Waals surface area contributed by atoms with Gasteiger partial charge in [0.25, 0.3) is 0 Å². The summed E-state index contributed by atoms with van der Waals surface area (Å²) in [6.45, 7) is 5.96. The molecule has 1 fully saturated rings. The van der Waals surface area contributed by atoms with E-state index in [0.29, 0.717) is 17.5 Å². The van der Waals surface area contributed by atoms with Crippen LogP contribution in [-0.2, 0) is 12.8 Å². The third-order valence-corrected chi connectivity index (χ3v) is 5.05. The van der Waals surface area contributed by atoms with Crippen molar-refractivity contribution in [2.45, 2.75) is 65.7 Å². The molecule has 1 aliphatic rings. The summed E-state index contributed by atoms with van der Waals surface area (Å²) in [4.78, 5) is 0. The Balaban J connectivity index is 0.000000269. The SMILES string of the molecule is CC1CCCCC1.Cc1ccc(CCc2ccc(C)c(F)c2F)cc1. The highest BCUT2D eigenvalue weighted by molar-refractivity contribution is 5.27. The Morgan fingerprint density at radius 2 is 1.44 bits per heavy atom. The molecule has 136 valence electrons. The van der Waals surface area contributed by atoms with Gasteiger partial charge in [-0.15, -0.1) is 0 Å². The average molecular weight is 344 g/mol. The Morgan fingerprint density at radius 1 is 0.800 bits per heavy atom. The van der Waals surface area contributed by atoms with E-state index in [-0.39, 0.29) is 0 Å². The van der Waals surface area contributed by atoms with Gasteiger partial charge in [-0.3, -0.25) is 0 Å². The summed E-state index contributed by atoms with van der Waals surface area (Å²) in [5, 5.41) is 0. The average Bonchev–Trinajstić information content (AvgIpc) is 2.62. The smallest absolute Gasteiger partial charge is 0.162 e. The lowest BCUT2D eigenvalue weighted by atomic mass is 9.91. The standard InChI is InChI=1S/C16H16F2.C7H14/c1-11-3-6-13(7-4-11)8-10-14-9-5-12(2)15(17)16(14)18;1-7-5-3-2-4-6-7/h3-7,9H,8,10H2,1-2H3;7H,2-6H2,1H3. The van der Waals surface area contributed by atoms with Gasteiger partial charge in [0.05, 0.1) is 0 Å². The zero-order valence-corrected chi connectivity index (χ0v) is 15.7. The molecule has 0 heterocycles. The molecule has 1 saturated carbocycles. The van der Waals surface area contributed by atoms with Crippen LogP contribution in [-0.4, -0.2) is 0 Å². The molecular formula is C23H30F2. The third-order valence-electron chi connectivity index (χ3n) is 5.05. The van der Waals surface area contributed by atoms with Crippen molar-refractivity contribution in [1.82, 2.24) is 0 Å². The highest BCUT2D eigenvalue weighted by atomic mass is 19.2. The predicted molar refractivity (Wildman–Crippen MR) is 102 cm³/mol. The van der Waals surface area contributed by atoms with Gasteiger partial charge in [0.2, 0.25) is 0 Å². The highest BCUT2D eigenvalue weighted by Crippen LogP contribution is 2.22. The number of hydrogen-bond acceptors (Lipinski definition) is 0. The van der Waals surface area contributed by atoms with E-state index in [1.807, 2.05) is 31.2 Å². The van der Waals surface area contributed by atoms with Crippen molar-refractivity contribution in [3.8, 4) is 0 Å². The summed E-state index contributed by atoms with van der Waals surface area (Å²) >= 11 is 0. The van der Waals surface area contributed by atoms with Crippen LogP contribution >= 0.6 is 0 Å². The fraction of sp³-hybridized carbons (Fsp3) is 0.478. The maximum atomic E-state index is 13.7. The van der Waals surface area contributed by atoms with Crippen molar-refractivity contribution in [3.63, 3.8) is 0 Å². The van der Waals surface area contributed by atoms with Gasteiger partial charge in [-0.05, 0) is 49.3 Å². The first-order valence-electron chi connectivity index (χ1n) is 9.46. The lowest BCUT2D eigenvalue weighted by Gasteiger charge is -2.15. The van der Waals surface area contributed by atoms with E-state index < -0.39 is 11.6 Å². The Kier molecular flexibility index (Phi) is 7.61. The minimum Gasteiger partial charge on any atom is -0.203 e. The molecular weight excluding hydrogens is 314 g/mol. The van der Waals surface area contributed by atoms with E-state index in [2.05, 4.69) is 6.92 Å². The quantitative estimate of drug-likeness (QED) is 0.565. The normalized spacial score (nSPS) is 14.8. The molecule has 0 unspecified atom stereocenters. The molecule has 0 aromatic heterocycles. The van der Waals surface area contributed by atoms with Gasteiger partial charge >= 0.3 is 0 Å². The lowest BCUT2D eigenvalue weighted by molar-refractivity contribution is 0.385.